The standard InChI is InChI=1S/C52H64O12/c1-31(38-23-24-39-37-22-21-35-28-36(53)26-27-51(35,2)40(37)29-42(54)52(38,39)3)20-25-43(55)60-30-41-44(62-47(56)32-14-8-5-9-15-32)45(63-48(57)33-16-10-6-11-17-33)46(50(59-4)61-41)64-49(58)34-18-12-7-13-19-34/h5-19,31,35-42,44-46,50,53-54H,20-30H2,1-4H3/t31-,35-,36-,37+,38-,39+,40+,41-,42+,44-,45+,46-,50+,51+,52-/m1/s1. The highest BCUT2D eigenvalue weighted by molar-refractivity contribution is 5.91. The SMILES string of the molecule is CO[C@H]1O[C@H](COC(=O)CC[C@@H](C)[C@H]2CC[C@H]3[C@@H]4CC[C@@H]5C[C@H](O)CC[C@]5(C)[C@H]4C[C@H](O)[C@]23C)[C@@H](OC(=O)c2ccccc2)[C@H](OC(=O)c2ccccc2)[C@H]1OC(=O)c1ccccc1. The lowest BCUT2D eigenvalue weighted by atomic mass is 9.43. The van der Waals surface area contributed by atoms with Gasteiger partial charge in [-0.1, -0.05) is 75.4 Å². The zero-order chi connectivity index (χ0) is 45.2. The van der Waals surface area contributed by atoms with Gasteiger partial charge in [-0.25, -0.2) is 14.4 Å². The third-order valence-electron chi connectivity index (χ3n) is 16.3. The lowest BCUT2D eigenvalue weighted by Gasteiger charge is -2.62. The van der Waals surface area contributed by atoms with Crippen molar-refractivity contribution in [1.29, 1.82) is 0 Å². The summed E-state index contributed by atoms with van der Waals surface area (Å²) in [6.45, 7) is 6.51. The Morgan fingerprint density at radius 3 is 1.84 bits per heavy atom. The number of fused-ring (bicyclic) bond motifs is 5. The molecule has 3 aromatic rings. The van der Waals surface area contributed by atoms with E-state index in [4.69, 9.17) is 28.4 Å². The minimum atomic E-state index is -1.46. The van der Waals surface area contributed by atoms with Crippen LogP contribution < -0.4 is 0 Å². The van der Waals surface area contributed by atoms with Crippen molar-refractivity contribution in [2.75, 3.05) is 13.7 Å². The van der Waals surface area contributed by atoms with Gasteiger partial charge in [-0.3, -0.25) is 4.79 Å². The van der Waals surface area contributed by atoms with Crippen LogP contribution in [0.4, 0.5) is 0 Å². The summed E-state index contributed by atoms with van der Waals surface area (Å²) in [6.07, 6.45) is 1.08. The van der Waals surface area contributed by atoms with E-state index in [0.717, 1.165) is 51.4 Å². The van der Waals surface area contributed by atoms with Crippen LogP contribution in [0.2, 0.25) is 0 Å². The maximum Gasteiger partial charge on any atom is 0.338 e. The highest BCUT2D eigenvalue weighted by Gasteiger charge is 2.64. The van der Waals surface area contributed by atoms with Crippen LogP contribution in [0, 0.1) is 46.3 Å². The van der Waals surface area contributed by atoms with Gasteiger partial charge < -0.3 is 38.6 Å². The fourth-order valence-corrected chi connectivity index (χ4v) is 12.9. The number of carbonyl (C=O) groups is 4. The Balaban J connectivity index is 0.973. The molecule has 1 saturated heterocycles. The molecule has 1 aliphatic heterocycles. The second-order valence-electron chi connectivity index (χ2n) is 19.6. The summed E-state index contributed by atoms with van der Waals surface area (Å²) in [5.74, 6) is -0.459. The predicted molar refractivity (Wildman–Crippen MR) is 235 cm³/mol. The van der Waals surface area contributed by atoms with Crippen molar-refractivity contribution >= 4 is 23.9 Å². The average Bonchev–Trinajstić information content (AvgIpc) is 3.68. The number of ether oxygens (including phenoxy) is 6. The van der Waals surface area contributed by atoms with E-state index < -0.39 is 60.7 Å². The molecule has 64 heavy (non-hydrogen) atoms. The Bertz CT molecular complexity index is 2080. The summed E-state index contributed by atoms with van der Waals surface area (Å²) < 4.78 is 36.0. The third kappa shape index (κ3) is 9.13. The molecule has 4 aliphatic carbocycles. The average molecular weight is 881 g/mol. The molecule has 1 heterocycles. The monoisotopic (exact) mass is 880 g/mol. The molecule has 0 amide bonds. The van der Waals surface area contributed by atoms with Gasteiger partial charge in [-0.2, -0.15) is 0 Å². The van der Waals surface area contributed by atoms with Crippen LogP contribution in [0.3, 0.4) is 0 Å². The van der Waals surface area contributed by atoms with Gasteiger partial charge in [-0.05, 0) is 141 Å². The smallest absolute Gasteiger partial charge is 0.338 e. The number of methoxy groups -OCH3 is 1. The van der Waals surface area contributed by atoms with Gasteiger partial charge in [0.05, 0.1) is 28.9 Å². The molecule has 0 radical (unpaired) electrons. The summed E-state index contributed by atoms with van der Waals surface area (Å²) >= 11 is 0. The van der Waals surface area contributed by atoms with E-state index in [9.17, 15) is 29.4 Å². The number of aliphatic hydroxyl groups excluding tert-OH is 2. The normalized spacial score (nSPS) is 36.0. The van der Waals surface area contributed by atoms with E-state index >= 15 is 0 Å². The van der Waals surface area contributed by atoms with Crippen LogP contribution in [-0.4, -0.2) is 90.7 Å². The van der Waals surface area contributed by atoms with Crippen LogP contribution in [0.1, 0.15) is 116 Å². The van der Waals surface area contributed by atoms with Crippen LogP contribution >= 0.6 is 0 Å². The number of hydrogen-bond acceptors (Lipinski definition) is 12. The Morgan fingerprint density at radius 1 is 0.703 bits per heavy atom. The van der Waals surface area contributed by atoms with Crippen LogP contribution in [0.15, 0.2) is 91.0 Å². The van der Waals surface area contributed by atoms with Crippen molar-refractivity contribution in [2.45, 2.75) is 128 Å². The lowest BCUT2D eigenvalue weighted by molar-refractivity contribution is -0.292. The first-order valence-electron chi connectivity index (χ1n) is 23.3. The molecule has 2 N–H and O–H groups in total. The summed E-state index contributed by atoms with van der Waals surface area (Å²) in [6, 6.07) is 24.7. The summed E-state index contributed by atoms with van der Waals surface area (Å²) in [5.41, 5.74) is 0.537. The molecule has 344 valence electrons. The van der Waals surface area contributed by atoms with E-state index in [2.05, 4.69) is 20.8 Å². The number of benzene rings is 3. The molecular weight excluding hydrogens is 817 g/mol. The molecule has 0 unspecified atom stereocenters. The lowest BCUT2D eigenvalue weighted by Crippen LogP contribution is -2.63. The van der Waals surface area contributed by atoms with Crippen molar-refractivity contribution in [1.82, 2.24) is 0 Å². The van der Waals surface area contributed by atoms with Crippen molar-refractivity contribution in [3.05, 3.63) is 108 Å². The highest BCUT2D eigenvalue weighted by Crippen LogP contribution is 2.68. The van der Waals surface area contributed by atoms with Crippen molar-refractivity contribution in [2.24, 2.45) is 46.3 Å². The van der Waals surface area contributed by atoms with Crippen molar-refractivity contribution in [3.8, 4) is 0 Å². The quantitative estimate of drug-likeness (QED) is 0.126. The van der Waals surface area contributed by atoms with Gasteiger partial charge in [0.15, 0.2) is 24.6 Å². The van der Waals surface area contributed by atoms with E-state index in [-0.39, 0.29) is 58.5 Å². The number of hydrogen-bond donors (Lipinski definition) is 2. The molecule has 4 saturated carbocycles. The van der Waals surface area contributed by atoms with E-state index in [0.29, 0.717) is 30.1 Å². The maximum absolute atomic E-state index is 13.7. The Morgan fingerprint density at radius 2 is 1.27 bits per heavy atom. The molecule has 0 bridgehead atoms. The molecule has 3 aromatic carbocycles. The minimum Gasteiger partial charge on any atom is -0.463 e. The molecular formula is C52H64O12. The Kier molecular flexibility index (Phi) is 14.0. The molecule has 0 spiro atoms. The van der Waals surface area contributed by atoms with Gasteiger partial charge in [0, 0.05) is 13.5 Å². The van der Waals surface area contributed by atoms with Crippen LogP contribution in [0.25, 0.3) is 0 Å². The minimum absolute atomic E-state index is 0.112. The molecule has 5 aliphatic rings. The third-order valence-corrected chi connectivity index (χ3v) is 16.3. The topological polar surface area (TPSA) is 164 Å². The fraction of sp³-hybridized carbons (Fsp3) is 0.577. The largest absolute Gasteiger partial charge is 0.463 e. The first kappa shape index (κ1) is 45.9. The molecule has 5 fully saturated rings. The first-order chi connectivity index (χ1) is 30.8. The molecule has 15 atom stereocenters. The second-order valence-corrected chi connectivity index (χ2v) is 19.6. The fourth-order valence-electron chi connectivity index (χ4n) is 12.9. The molecule has 12 heteroatoms. The number of aliphatic hydroxyl groups is 2. The van der Waals surface area contributed by atoms with E-state index in [1.54, 1.807) is 91.0 Å². The Hall–Kier alpha value is -4.62. The van der Waals surface area contributed by atoms with Gasteiger partial charge in [-0.15, -0.1) is 0 Å². The second kappa shape index (κ2) is 19.5. The van der Waals surface area contributed by atoms with Crippen LogP contribution in [-0.2, 0) is 33.2 Å². The summed E-state index contributed by atoms with van der Waals surface area (Å²) in [7, 11) is 1.34. The molecule has 0 aromatic heterocycles. The highest BCUT2D eigenvalue weighted by atomic mass is 16.7. The zero-order valence-corrected chi connectivity index (χ0v) is 37.4. The maximum atomic E-state index is 13.7. The van der Waals surface area contributed by atoms with E-state index in [1.165, 1.54) is 7.11 Å². The van der Waals surface area contributed by atoms with E-state index in [1.807, 2.05) is 0 Å². The van der Waals surface area contributed by atoms with Gasteiger partial charge in [0.25, 0.3) is 0 Å². The molecule has 8 rings (SSSR count). The molecule has 12 nitrogen and oxygen atoms in total. The first-order valence-corrected chi connectivity index (χ1v) is 23.3. The predicted octanol–water partition coefficient (Wildman–Crippen LogP) is 7.98. The number of carbonyl (C=O) groups excluding carboxylic acids is 4. The number of esters is 4. The van der Waals surface area contributed by atoms with Crippen molar-refractivity contribution in [3.63, 3.8) is 0 Å². The van der Waals surface area contributed by atoms with Gasteiger partial charge in [0.2, 0.25) is 0 Å². The zero-order valence-electron chi connectivity index (χ0n) is 37.4. The van der Waals surface area contributed by atoms with Gasteiger partial charge >= 0.3 is 23.9 Å². The summed E-state index contributed by atoms with van der Waals surface area (Å²) in [5, 5.41) is 22.6. The van der Waals surface area contributed by atoms with Gasteiger partial charge in [0.1, 0.15) is 12.7 Å². The summed E-state index contributed by atoms with van der Waals surface area (Å²) in [4.78, 5) is 54.7. The van der Waals surface area contributed by atoms with Crippen LogP contribution in [0.5, 0.6) is 0 Å². The Labute approximate surface area is 376 Å². The van der Waals surface area contributed by atoms with Crippen molar-refractivity contribution < 1.29 is 57.8 Å². The number of rotatable bonds is 13.